The monoisotopic (exact) mass is 757 g/mol. The minimum absolute atomic E-state index is 0.597. The molecule has 58 heavy (non-hydrogen) atoms. The molecule has 0 amide bonds. The molecule has 11 rings (SSSR count). The number of aromatic nitrogens is 3. The predicted octanol–water partition coefficient (Wildman–Crippen LogP) is 10.5. The Bertz CT molecular complexity index is 3190. The molecule has 0 bridgehead atoms. The second-order valence-electron chi connectivity index (χ2n) is 14.7. The smallest absolute Gasteiger partial charge is 0.180 e. The molecule has 11 aromatic rings. The lowest BCUT2D eigenvalue weighted by molar-refractivity contribution is 0.669. The molecular weight excluding hydrogens is 723 g/mol. The van der Waals surface area contributed by atoms with Gasteiger partial charge < -0.3 is 4.42 Å². The minimum atomic E-state index is -2.85. The van der Waals surface area contributed by atoms with Crippen molar-refractivity contribution in [3.8, 4) is 34.2 Å². The molecule has 0 aliphatic carbocycles. The Labute approximate surface area is 336 Å². The van der Waals surface area contributed by atoms with Crippen LogP contribution in [0.2, 0.25) is 0 Å². The molecule has 4 nitrogen and oxygen atoms in total. The summed E-state index contributed by atoms with van der Waals surface area (Å²) in [5.41, 5.74) is 4.41. The van der Waals surface area contributed by atoms with Crippen molar-refractivity contribution < 1.29 is 4.42 Å². The van der Waals surface area contributed by atoms with E-state index >= 15 is 0 Å². The highest BCUT2D eigenvalue weighted by molar-refractivity contribution is 7.20. The van der Waals surface area contributed by atoms with Gasteiger partial charge in [0.05, 0.1) is 0 Å². The van der Waals surface area contributed by atoms with Crippen LogP contribution in [0.15, 0.2) is 217 Å². The standard InChI is InChI=1S/C53H35N3OSi/c1-4-19-39(20-5-1)58(40-21-6-2-7-22-40,41-23-8-3-9-24-41)49-34-33-44(42-25-12-13-26-43(42)49)52-54-51(38-32-31-36-17-10-11-18-37(36)35-38)55-53(56-52)46-28-16-30-48-50(46)45-27-14-15-29-47(45)57-48/h1-35H. The van der Waals surface area contributed by atoms with E-state index in [9.17, 15) is 0 Å². The molecule has 0 radical (unpaired) electrons. The lowest BCUT2D eigenvalue weighted by atomic mass is 10.0. The summed E-state index contributed by atoms with van der Waals surface area (Å²) in [5, 5.41) is 11.9. The summed E-state index contributed by atoms with van der Waals surface area (Å²) >= 11 is 0. The quantitative estimate of drug-likeness (QED) is 0.120. The van der Waals surface area contributed by atoms with E-state index in [0.29, 0.717) is 17.5 Å². The molecule has 0 spiro atoms. The third kappa shape index (κ3) is 5.47. The first-order valence-corrected chi connectivity index (χ1v) is 21.6. The summed E-state index contributed by atoms with van der Waals surface area (Å²) in [6, 6.07) is 75.7. The van der Waals surface area contributed by atoms with Crippen molar-refractivity contribution in [2.45, 2.75) is 0 Å². The van der Waals surface area contributed by atoms with Gasteiger partial charge in [-0.05, 0) is 60.5 Å². The van der Waals surface area contributed by atoms with Crippen molar-refractivity contribution in [3.05, 3.63) is 212 Å². The summed E-state index contributed by atoms with van der Waals surface area (Å²) in [7, 11) is -2.85. The van der Waals surface area contributed by atoms with Crippen LogP contribution in [0.4, 0.5) is 0 Å². The van der Waals surface area contributed by atoms with Crippen molar-refractivity contribution >= 4 is 72.3 Å². The molecule has 0 aliphatic rings. The molecule has 2 heterocycles. The number of benzene rings is 9. The van der Waals surface area contributed by atoms with Crippen molar-refractivity contribution in [2.24, 2.45) is 0 Å². The Balaban J connectivity index is 1.20. The normalized spacial score (nSPS) is 11.8. The van der Waals surface area contributed by atoms with Crippen LogP contribution >= 0.6 is 0 Å². The van der Waals surface area contributed by atoms with Gasteiger partial charge in [-0.3, -0.25) is 0 Å². The summed E-state index contributed by atoms with van der Waals surface area (Å²) in [4.78, 5) is 15.9. The van der Waals surface area contributed by atoms with E-state index in [1.165, 1.54) is 31.5 Å². The number of hydrogen-bond donors (Lipinski definition) is 0. The maximum Gasteiger partial charge on any atom is 0.180 e. The van der Waals surface area contributed by atoms with Crippen molar-refractivity contribution in [1.29, 1.82) is 0 Å². The third-order valence-corrected chi connectivity index (χ3v) is 16.3. The van der Waals surface area contributed by atoms with Gasteiger partial charge in [0.15, 0.2) is 25.5 Å². The van der Waals surface area contributed by atoms with E-state index in [-0.39, 0.29) is 0 Å². The number of rotatable bonds is 7. The molecule has 0 saturated carbocycles. The molecule has 0 N–H and O–H groups in total. The molecule has 0 atom stereocenters. The van der Waals surface area contributed by atoms with Crippen molar-refractivity contribution in [2.75, 3.05) is 0 Å². The average Bonchev–Trinajstić information content (AvgIpc) is 3.69. The van der Waals surface area contributed by atoms with Crippen LogP contribution < -0.4 is 20.7 Å². The van der Waals surface area contributed by atoms with Crippen molar-refractivity contribution in [1.82, 2.24) is 15.0 Å². The Morgan fingerprint density at radius 2 is 0.879 bits per heavy atom. The zero-order valence-electron chi connectivity index (χ0n) is 31.5. The Morgan fingerprint density at radius 3 is 1.57 bits per heavy atom. The fraction of sp³-hybridized carbons (Fsp3) is 0. The fourth-order valence-corrected chi connectivity index (χ4v) is 13.9. The highest BCUT2D eigenvalue weighted by Gasteiger charge is 2.42. The van der Waals surface area contributed by atoms with Gasteiger partial charge in [0, 0.05) is 27.5 Å². The van der Waals surface area contributed by atoms with Gasteiger partial charge in [0.1, 0.15) is 11.2 Å². The Morgan fingerprint density at radius 1 is 0.345 bits per heavy atom. The fourth-order valence-electron chi connectivity index (χ4n) is 8.89. The lowest BCUT2D eigenvalue weighted by Crippen LogP contribution is -2.74. The predicted molar refractivity (Wildman–Crippen MR) is 242 cm³/mol. The minimum Gasteiger partial charge on any atom is -0.456 e. The number of nitrogens with zero attached hydrogens (tertiary/aromatic N) is 3. The van der Waals surface area contributed by atoms with Gasteiger partial charge in [0.2, 0.25) is 0 Å². The van der Waals surface area contributed by atoms with Gasteiger partial charge in [-0.15, -0.1) is 0 Å². The molecule has 272 valence electrons. The molecule has 2 aromatic heterocycles. The van der Waals surface area contributed by atoms with Crippen LogP contribution in [-0.2, 0) is 0 Å². The number of furan rings is 1. The molecule has 9 aromatic carbocycles. The molecular formula is C53H35N3OSi. The largest absolute Gasteiger partial charge is 0.456 e. The van der Waals surface area contributed by atoms with Gasteiger partial charge in [-0.1, -0.05) is 194 Å². The Kier molecular flexibility index (Phi) is 8.12. The van der Waals surface area contributed by atoms with Crippen LogP contribution in [0.25, 0.3) is 77.6 Å². The zero-order valence-corrected chi connectivity index (χ0v) is 32.5. The zero-order chi connectivity index (χ0) is 38.5. The third-order valence-electron chi connectivity index (χ3n) is 11.5. The summed E-state index contributed by atoms with van der Waals surface area (Å²) in [5.74, 6) is 1.83. The van der Waals surface area contributed by atoms with E-state index in [4.69, 9.17) is 19.4 Å². The number of para-hydroxylation sites is 1. The number of fused-ring (bicyclic) bond motifs is 5. The second-order valence-corrected chi connectivity index (χ2v) is 18.5. The topological polar surface area (TPSA) is 51.8 Å². The molecule has 0 aliphatic heterocycles. The van der Waals surface area contributed by atoms with E-state index in [0.717, 1.165) is 49.4 Å². The first kappa shape index (κ1) is 33.8. The Hall–Kier alpha value is -7.47. The average molecular weight is 758 g/mol. The van der Waals surface area contributed by atoms with Crippen molar-refractivity contribution in [3.63, 3.8) is 0 Å². The summed E-state index contributed by atoms with van der Waals surface area (Å²) in [6.45, 7) is 0. The van der Waals surface area contributed by atoms with E-state index < -0.39 is 8.07 Å². The van der Waals surface area contributed by atoms with Crippen LogP contribution in [0.5, 0.6) is 0 Å². The SMILES string of the molecule is c1ccc([Si](c2ccccc2)(c2ccccc2)c2ccc(-c3nc(-c4ccc5ccccc5c4)nc(-c4cccc5oc6ccccc6c45)n3)c3ccccc23)cc1. The van der Waals surface area contributed by atoms with E-state index in [1.54, 1.807) is 0 Å². The van der Waals surface area contributed by atoms with Gasteiger partial charge in [-0.2, -0.15) is 0 Å². The summed E-state index contributed by atoms with van der Waals surface area (Å²) < 4.78 is 6.34. The van der Waals surface area contributed by atoms with Gasteiger partial charge >= 0.3 is 0 Å². The first-order valence-electron chi connectivity index (χ1n) is 19.6. The van der Waals surface area contributed by atoms with Crippen LogP contribution in [0, 0.1) is 0 Å². The first-order chi connectivity index (χ1) is 28.8. The van der Waals surface area contributed by atoms with Crippen LogP contribution in [0.3, 0.4) is 0 Å². The summed E-state index contributed by atoms with van der Waals surface area (Å²) in [6.07, 6.45) is 0. The molecule has 5 heteroatoms. The molecule has 0 fully saturated rings. The van der Waals surface area contributed by atoms with E-state index in [1.807, 2.05) is 30.3 Å². The maximum absolute atomic E-state index is 6.34. The van der Waals surface area contributed by atoms with Crippen LogP contribution in [-0.4, -0.2) is 23.0 Å². The molecule has 0 unspecified atom stereocenters. The highest BCUT2D eigenvalue weighted by atomic mass is 28.3. The molecule has 0 saturated heterocycles. The van der Waals surface area contributed by atoms with Gasteiger partial charge in [0.25, 0.3) is 0 Å². The second kappa shape index (κ2) is 13.9. The van der Waals surface area contributed by atoms with E-state index in [2.05, 4.69) is 182 Å². The number of hydrogen-bond acceptors (Lipinski definition) is 4. The van der Waals surface area contributed by atoms with Crippen LogP contribution in [0.1, 0.15) is 0 Å². The highest BCUT2D eigenvalue weighted by Crippen LogP contribution is 2.37. The lowest BCUT2D eigenvalue weighted by Gasteiger charge is -2.35. The maximum atomic E-state index is 6.34. The van der Waals surface area contributed by atoms with Gasteiger partial charge in [-0.25, -0.2) is 15.0 Å².